The van der Waals surface area contributed by atoms with Gasteiger partial charge in [-0.1, -0.05) is 12.1 Å². The second-order valence-electron chi connectivity index (χ2n) is 2.86. The molecule has 0 amide bonds. The molecule has 0 fully saturated rings. The third-order valence-electron chi connectivity index (χ3n) is 1.88. The van der Waals surface area contributed by atoms with E-state index in [0.717, 1.165) is 16.5 Å². The van der Waals surface area contributed by atoms with E-state index in [9.17, 15) is 4.79 Å². The van der Waals surface area contributed by atoms with E-state index < -0.39 is 5.97 Å². The number of carboxylic acid groups (broad SMARTS) is 1. The molecule has 1 heterocycles. The Hall–Kier alpha value is -1.48. The van der Waals surface area contributed by atoms with Crippen LogP contribution in [0.4, 0.5) is 0 Å². The Labute approximate surface area is 86.7 Å². The number of hydrogen-bond donors (Lipinski definition) is 1. The van der Waals surface area contributed by atoms with E-state index in [2.05, 4.69) is 0 Å². The van der Waals surface area contributed by atoms with Crippen LogP contribution >= 0.6 is 12.4 Å². The number of carboxylic acids is 1. The smallest absolute Gasteiger partial charge is 0.307 e. The van der Waals surface area contributed by atoms with Gasteiger partial charge in [-0.25, -0.2) is 0 Å². The number of aliphatic carboxylic acids is 1. The van der Waals surface area contributed by atoms with Crippen LogP contribution in [0.2, 0.25) is 0 Å². The molecule has 2 aromatic rings. The molecule has 0 aliphatic heterocycles. The summed E-state index contributed by atoms with van der Waals surface area (Å²) in [6.07, 6.45) is 1.63. The number of halogens is 1. The molecule has 1 N–H and O–H groups in total. The minimum absolute atomic E-state index is 0. The van der Waals surface area contributed by atoms with Crippen LogP contribution in [0.1, 0.15) is 5.56 Å². The third kappa shape index (κ3) is 2.06. The highest BCUT2D eigenvalue weighted by atomic mass is 35.5. The van der Waals surface area contributed by atoms with Crippen molar-refractivity contribution in [2.24, 2.45) is 0 Å². The van der Waals surface area contributed by atoms with Gasteiger partial charge in [0, 0.05) is 5.39 Å². The molecule has 4 heteroatoms. The highest BCUT2D eigenvalue weighted by Crippen LogP contribution is 2.17. The number of carbonyl (C=O) groups is 1. The van der Waals surface area contributed by atoms with E-state index in [1.54, 1.807) is 18.4 Å². The molecule has 74 valence electrons. The molecule has 0 atom stereocenters. The van der Waals surface area contributed by atoms with Crippen molar-refractivity contribution in [2.75, 3.05) is 0 Å². The van der Waals surface area contributed by atoms with Gasteiger partial charge in [0.25, 0.3) is 0 Å². The largest absolute Gasteiger partial charge is 0.481 e. The lowest BCUT2D eigenvalue weighted by Gasteiger charge is -1.95. The first-order valence-corrected chi connectivity index (χ1v) is 3.93. The highest BCUT2D eigenvalue weighted by Gasteiger charge is 2.02. The zero-order chi connectivity index (χ0) is 9.26. The maximum Gasteiger partial charge on any atom is 0.307 e. The predicted molar refractivity (Wildman–Crippen MR) is 54.8 cm³/mol. The molecule has 0 bridgehead atoms. The summed E-state index contributed by atoms with van der Waals surface area (Å²) >= 11 is 0. The lowest BCUT2D eigenvalue weighted by Crippen LogP contribution is -1.99. The summed E-state index contributed by atoms with van der Waals surface area (Å²) in [5.41, 5.74) is 1.49. The van der Waals surface area contributed by atoms with Crippen LogP contribution in [-0.2, 0) is 11.2 Å². The average molecular weight is 213 g/mol. The summed E-state index contributed by atoms with van der Waals surface area (Å²) in [7, 11) is 0. The third-order valence-corrected chi connectivity index (χ3v) is 1.88. The average Bonchev–Trinajstić information content (AvgIpc) is 2.49. The first kappa shape index (κ1) is 10.6. The van der Waals surface area contributed by atoms with Gasteiger partial charge in [0.05, 0.1) is 12.7 Å². The molecule has 2 rings (SSSR count). The van der Waals surface area contributed by atoms with Crippen LogP contribution in [-0.4, -0.2) is 11.1 Å². The van der Waals surface area contributed by atoms with Gasteiger partial charge in [0.1, 0.15) is 5.58 Å². The SMILES string of the molecule is Cl.O=C(O)Cc1ccc2ccoc2c1. The molecule has 14 heavy (non-hydrogen) atoms. The van der Waals surface area contributed by atoms with E-state index in [-0.39, 0.29) is 18.8 Å². The monoisotopic (exact) mass is 212 g/mol. The fourth-order valence-electron chi connectivity index (χ4n) is 1.28. The summed E-state index contributed by atoms with van der Waals surface area (Å²) in [5, 5.41) is 9.55. The standard InChI is InChI=1S/C10H8O3.ClH/c11-10(12)6-7-1-2-8-3-4-13-9(8)5-7;/h1-5H,6H2,(H,11,12);1H. The molecule has 1 aromatic heterocycles. The number of fused-ring (bicyclic) bond motifs is 1. The van der Waals surface area contributed by atoms with E-state index in [1.807, 2.05) is 12.1 Å². The lowest BCUT2D eigenvalue weighted by atomic mass is 10.1. The topological polar surface area (TPSA) is 50.4 Å². The van der Waals surface area contributed by atoms with Gasteiger partial charge in [-0.3, -0.25) is 4.79 Å². The van der Waals surface area contributed by atoms with Crippen molar-refractivity contribution in [1.82, 2.24) is 0 Å². The van der Waals surface area contributed by atoms with Crippen molar-refractivity contribution in [2.45, 2.75) is 6.42 Å². The number of rotatable bonds is 2. The highest BCUT2D eigenvalue weighted by molar-refractivity contribution is 5.85. The Kier molecular flexibility index (Phi) is 3.14. The molecule has 3 nitrogen and oxygen atoms in total. The van der Waals surface area contributed by atoms with Gasteiger partial charge >= 0.3 is 5.97 Å². The Morgan fingerprint density at radius 2 is 2.14 bits per heavy atom. The summed E-state index contributed by atoms with van der Waals surface area (Å²) < 4.78 is 5.15. The van der Waals surface area contributed by atoms with Crippen molar-refractivity contribution in [3.63, 3.8) is 0 Å². The fraction of sp³-hybridized carbons (Fsp3) is 0.100. The summed E-state index contributed by atoms with van der Waals surface area (Å²) in [6.45, 7) is 0. The summed E-state index contributed by atoms with van der Waals surface area (Å²) in [4.78, 5) is 10.4. The van der Waals surface area contributed by atoms with E-state index in [4.69, 9.17) is 9.52 Å². The van der Waals surface area contributed by atoms with Crippen molar-refractivity contribution >= 4 is 29.3 Å². The van der Waals surface area contributed by atoms with Gasteiger partial charge < -0.3 is 9.52 Å². The van der Waals surface area contributed by atoms with Crippen LogP contribution in [0.15, 0.2) is 34.9 Å². The molecule has 1 aromatic carbocycles. The van der Waals surface area contributed by atoms with E-state index in [0.29, 0.717) is 0 Å². The molecule has 0 aliphatic rings. The Balaban J connectivity index is 0.000000980. The van der Waals surface area contributed by atoms with Gasteiger partial charge in [-0.2, -0.15) is 0 Å². The molecule has 0 aliphatic carbocycles. The summed E-state index contributed by atoms with van der Waals surface area (Å²) in [6, 6.07) is 7.26. The first-order chi connectivity index (χ1) is 6.25. The minimum Gasteiger partial charge on any atom is -0.481 e. The zero-order valence-corrected chi connectivity index (χ0v) is 8.08. The molecular weight excluding hydrogens is 204 g/mol. The second-order valence-corrected chi connectivity index (χ2v) is 2.86. The second kappa shape index (κ2) is 4.15. The number of furan rings is 1. The van der Waals surface area contributed by atoms with Crippen molar-refractivity contribution in [1.29, 1.82) is 0 Å². The molecule has 0 spiro atoms. The minimum atomic E-state index is -0.828. The van der Waals surface area contributed by atoms with Crippen LogP contribution in [0.25, 0.3) is 11.0 Å². The Bertz CT molecular complexity index is 447. The maximum atomic E-state index is 10.4. The van der Waals surface area contributed by atoms with Crippen LogP contribution in [0.3, 0.4) is 0 Å². The molecule has 0 saturated carbocycles. The molecule has 0 saturated heterocycles. The van der Waals surface area contributed by atoms with Crippen LogP contribution in [0, 0.1) is 0 Å². The maximum absolute atomic E-state index is 10.4. The van der Waals surface area contributed by atoms with E-state index >= 15 is 0 Å². The van der Waals surface area contributed by atoms with Crippen LogP contribution in [0.5, 0.6) is 0 Å². The molecule has 0 unspecified atom stereocenters. The number of hydrogen-bond acceptors (Lipinski definition) is 2. The van der Waals surface area contributed by atoms with E-state index in [1.165, 1.54) is 0 Å². The molecular formula is C10H9ClO3. The van der Waals surface area contributed by atoms with Gasteiger partial charge in [-0.15, -0.1) is 12.4 Å². The predicted octanol–water partition coefficient (Wildman–Crippen LogP) is 2.48. The van der Waals surface area contributed by atoms with Crippen molar-refractivity contribution in [3.8, 4) is 0 Å². The molecule has 0 radical (unpaired) electrons. The summed E-state index contributed by atoms with van der Waals surface area (Å²) in [5.74, 6) is -0.828. The zero-order valence-electron chi connectivity index (χ0n) is 7.27. The quantitative estimate of drug-likeness (QED) is 0.832. The van der Waals surface area contributed by atoms with Crippen molar-refractivity contribution < 1.29 is 14.3 Å². The Morgan fingerprint density at radius 1 is 1.36 bits per heavy atom. The normalized spacial score (nSPS) is 9.71. The first-order valence-electron chi connectivity index (χ1n) is 3.93. The lowest BCUT2D eigenvalue weighted by molar-refractivity contribution is -0.136. The van der Waals surface area contributed by atoms with Gasteiger partial charge in [0.2, 0.25) is 0 Å². The van der Waals surface area contributed by atoms with Crippen LogP contribution < -0.4 is 0 Å². The fourth-order valence-corrected chi connectivity index (χ4v) is 1.28. The number of benzene rings is 1. The van der Waals surface area contributed by atoms with Gasteiger partial charge in [0.15, 0.2) is 0 Å². The van der Waals surface area contributed by atoms with Crippen molar-refractivity contribution in [3.05, 3.63) is 36.1 Å². The Morgan fingerprint density at radius 3 is 2.86 bits per heavy atom. The van der Waals surface area contributed by atoms with Gasteiger partial charge in [-0.05, 0) is 17.7 Å².